The molecule has 2 amide bonds. The molecule has 25 heavy (non-hydrogen) atoms. The van der Waals surface area contributed by atoms with E-state index in [1.807, 2.05) is 12.1 Å². The van der Waals surface area contributed by atoms with Crippen molar-refractivity contribution in [1.29, 1.82) is 0 Å². The Morgan fingerprint density at radius 1 is 0.880 bits per heavy atom. The normalized spacial score (nSPS) is 22.3. The van der Waals surface area contributed by atoms with Crippen LogP contribution < -0.4 is 4.90 Å². The van der Waals surface area contributed by atoms with Gasteiger partial charge in [-0.25, -0.2) is 0 Å². The zero-order valence-electron chi connectivity index (χ0n) is 14.6. The van der Waals surface area contributed by atoms with Crippen molar-refractivity contribution >= 4 is 17.6 Å². The summed E-state index contributed by atoms with van der Waals surface area (Å²) >= 11 is 0. The maximum Gasteiger partial charge on any atom is 0.312 e. The number of aromatic nitrogens is 2. The second-order valence-electron chi connectivity index (χ2n) is 7.24. The van der Waals surface area contributed by atoms with Crippen LogP contribution in [0.1, 0.15) is 44.2 Å². The first-order chi connectivity index (χ1) is 12.2. The summed E-state index contributed by atoms with van der Waals surface area (Å²) < 4.78 is 0. The third kappa shape index (κ3) is 3.32. The molecular weight excluding hydrogens is 318 g/mol. The largest absolute Gasteiger partial charge is 0.355 e. The van der Waals surface area contributed by atoms with Crippen molar-refractivity contribution in [2.75, 3.05) is 31.1 Å². The van der Waals surface area contributed by atoms with Gasteiger partial charge in [-0.3, -0.25) is 9.59 Å². The highest BCUT2D eigenvalue weighted by Crippen LogP contribution is 2.25. The molecule has 3 fully saturated rings. The van der Waals surface area contributed by atoms with Gasteiger partial charge in [-0.1, -0.05) is 12.8 Å². The van der Waals surface area contributed by atoms with Crippen molar-refractivity contribution in [3.8, 4) is 0 Å². The molecule has 0 unspecified atom stereocenters. The first-order valence-electron chi connectivity index (χ1n) is 9.40. The van der Waals surface area contributed by atoms with Crippen LogP contribution in [0.15, 0.2) is 12.1 Å². The van der Waals surface area contributed by atoms with Crippen molar-refractivity contribution in [3.63, 3.8) is 0 Å². The number of hydrogen-bond acceptors (Lipinski definition) is 5. The summed E-state index contributed by atoms with van der Waals surface area (Å²) in [6.07, 6.45) is 6.78. The molecule has 4 rings (SSSR count). The van der Waals surface area contributed by atoms with Crippen LogP contribution in [-0.2, 0) is 16.1 Å². The van der Waals surface area contributed by atoms with E-state index in [1.165, 1.54) is 12.8 Å². The molecule has 0 N–H and O–H groups in total. The Labute approximate surface area is 148 Å². The number of piperazine rings is 1. The van der Waals surface area contributed by atoms with E-state index in [1.54, 1.807) is 9.80 Å². The van der Waals surface area contributed by atoms with Gasteiger partial charge in [0.05, 0.1) is 12.2 Å². The van der Waals surface area contributed by atoms with Crippen LogP contribution in [0.3, 0.4) is 0 Å². The molecule has 1 saturated carbocycles. The van der Waals surface area contributed by atoms with Gasteiger partial charge < -0.3 is 14.7 Å². The van der Waals surface area contributed by atoms with Gasteiger partial charge >= 0.3 is 11.8 Å². The Balaban J connectivity index is 1.37. The molecule has 2 aliphatic heterocycles. The molecule has 0 bridgehead atoms. The number of nitrogens with zero attached hydrogens (tertiary/aromatic N) is 5. The van der Waals surface area contributed by atoms with E-state index >= 15 is 0 Å². The molecule has 3 aliphatic rings. The van der Waals surface area contributed by atoms with Crippen LogP contribution in [-0.4, -0.2) is 64.0 Å². The number of anilines is 1. The Morgan fingerprint density at radius 3 is 2.32 bits per heavy atom. The number of amides is 2. The van der Waals surface area contributed by atoms with Crippen LogP contribution >= 0.6 is 0 Å². The maximum atomic E-state index is 12.5. The highest BCUT2D eigenvalue weighted by molar-refractivity contribution is 6.35. The zero-order valence-corrected chi connectivity index (χ0v) is 14.6. The summed E-state index contributed by atoms with van der Waals surface area (Å²) in [4.78, 5) is 30.5. The molecule has 0 aromatic carbocycles. The maximum absolute atomic E-state index is 12.5. The summed E-state index contributed by atoms with van der Waals surface area (Å²) in [7, 11) is 0. The van der Waals surface area contributed by atoms with Gasteiger partial charge in [-0.2, -0.15) is 5.10 Å². The van der Waals surface area contributed by atoms with Crippen molar-refractivity contribution in [1.82, 2.24) is 20.0 Å². The van der Waals surface area contributed by atoms with Gasteiger partial charge in [0.2, 0.25) is 0 Å². The number of carbonyl (C=O) groups is 2. The summed E-state index contributed by atoms with van der Waals surface area (Å²) in [5.41, 5.74) is 0.735. The molecule has 2 saturated heterocycles. The first-order valence-corrected chi connectivity index (χ1v) is 9.40. The summed E-state index contributed by atoms with van der Waals surface area (Å²) in [6.45, 7) is 3.63. The van der Waals surface area contributed by atoms with Crippen LogP contribution in [0, 0.1) is 0 Å². The second kappa shape index (κ2) is 6.98. The highest BCUT2D eigenvalue weighted by atomic mass is 16.2. The Morgan fingerprint density at radius 2 is 1.64 bits per heavy atom. The predicted molar refractivity (Wildman–Crippen MR) is 92.9 cm³/mol. The van der Waals surface area contributed by atoms with E-state index < -0.39 is 5.91 Å². The molecule has 7 heteroatoms. The van der Waals surface area contributed by atoms with Crippen LogP contribution in [0.2, 0.25) is 0 Å². The molecule has 3 heterocycles. The van der Waals surface area contributed by atoms with Gasteiger partial charge in [0.1, 0.15) is 0 Å². The fourth-order valence-corrected chi connectivity index (χ4v) is 4.15. The molecule has 7 nitrogen and oxygen atoms in total. The molecule has 0 radical (unpaired) electrons. The Hall–Kier alpha value is -2.18. The van der Waals surface area contributed by atoms with Gasteiger partial charge in [0, 0.05) is 32.2 Å². The lowest BCUT2D eigenvalue weighted by atomic mass is 10.1. The zero-order chi connectivity index (χ0) is 17.2. The van der Waals surface area contributed by atoms with Crippen molar-refractivity contribution in [2.45, 2.75) is 51.1 Å². The van der Waals surface area contributed by atoms with Gasteiger partial charge in [-0.15, -0.1) is 5.10 Å². The van der Waals surface area contributed by atoms with Crippen molar-refractivity contribution < 1.29 is 9.59 Å². The molecule has 0 spiro atoms. The summed E-state index contributed by atoms with van der Waals surface area (Å²) in [5, 5.41) is 8.55. The van der Waals surface area contributed by atoms with Gasteiger partial charge in [0.25, 0.3) is 0 Å². The third-order valence-corrected chi connectivity index (χ3v) is 5.60. The minimum absolute atomic E-state index is 0.262. The van der Waals surface area contributed by atoms with Gasteiger partial charge in [-0.05, 0) is 37.8 Å². The fraction of sp³-hybridized carbons (Fsp3) is 0.667. The van der Waals surface area contributed by atoms with E-state index in [0.29, 0.717) is 19.6 Å². The lowest BCUT2D eigenvalue weighted by Crippen LogP contribution is -2.56. The number of hydrogen-bond donors (Lipinski definition) is 0. The van der Waals surface area contributed by atoms with Crippen molar-refractivity contribution in [3.05, 3.63) is 17.8 Å². The second-order valence-corrected chi connectivity index (χ2v) is 7.24. The number of carbonyl (C=O) groups excluding carboxylic acids is 2. The quantitative estimate of drug-likeness (QED) is 0.768. The molecule has 1 aromatic heterocycles. The monoisotopic (exact) mass is 343 g/mol. The lowest BCUT2D eigenvalue weighted by Gasteiger charge is -2.37. The van der Waals surface area contributed by atoms with Crippen molar-refractivity contribution in [2.24, 2.45) is 0 Å². The average molecular weight is 343 g/mol. The van der Waals surface area contributed by atoms with Crippen LogP contribution in [0.25, 0.3) is 0 Å². The molecule has 1 aliphatic carbocycles. The Kier molecular flexibility index (Phi) is 4.55. The Bertz CT molecular complexity index is 635. The smallest absolute Gasteiger partial charge is 0.312 e. The predicted octanol–water partition coefficient (Wildman–Crippen LogP) is 1.19. The standard InChI is InChI=1S/C18H25N5O2/c24-17-18(25)23(15-5-1-2-6-15)12-11-22(17)13-14-7-8-16(20-19-14)21-9-3-4-10-21/h7-8,15H,1-6,9-13H2. The minimum Gasteiger partial charge on any atom is -0.355 e. The average Bonchev–Trinajstić information content (AvgIpc) is 3.33. The van der Waals surface area contributed by atoms with E-state index in [9.17, 15) is 9.59 Å². The van der Waals surface area contributed by atoms with Crippen LogP contribution in [0.4, 0.5) is 5.82 Å². The molecule has 134 valence electrons. The highest BCUT2D eigenvalue weighted by Gasteiger charge is 2.37. The van der Waals surface area contributed by atoms with E-state index in [4.69, 9.17) is 0 Å². The van der Waals surface area contributed by atoms with Crippen LogP contribution in [0.5, 0.6) is 0 Å². The first kappa shape index (κ1) is 16.3. The number of rotatable bonds is 4. The lowest BCUT2D eigenvalue weighted by molar-refractivity contribution is -0.158. The topological polar surface area (TPSA) is 69.6 Å². The summed E-state index contributed by atoms with van der Waals surface area (Å²) in [6, 6.07) is 4.15. The molecular formula is C18H25N5O2. The van der Waals surface area contributed by atoms with E-state index in [0.717, 1.165) is 50.3 Å². The summed E-state index contributed by atoms with van der Waals surface area (Å²) in [5.74, 6) is 0.151. The fourth-order valence-electron chi connectivity index (χ4n) is 4.15. The van der Waals surface area contributed by atoms with E-state index in [2.05, 4.69) is 15.1 Å². The van der Waals surface area contributed by atoms with E-state index in [-0.39, 0.29) is 11.9 Å². The third-order valence-electron chi connectivity index (χ3n) is 5.60. The molecule has 0 atom stereocenters. The molecule has 1 aromatic rings. The van der Waals surface area contributed by atoms with Gasteiger partial charge in [0.15, 0.2) is 5.82 Å². The SMILES string of the molecule is O=C1C(=O)N(C2CCCC2)CCN1Cc1ccc(N2CCCC2)nn1. The minimum atomic E-state index is -0.399.